The van der Waals surface area contributed by atoms with Crippen LogP contribution in [0.2, 0.25) is 0 Å². The van der Waals surface area contributed by atoms with E-state index in [1.807, 2.05) is 0 Å². The summed E-state index contributed by atoms with van der Waals surface area (Å²) in [4.78, 5) is 14.5. The second-order valence-electron chi connectivity index (χ2n) is 7.23. The second-order valence-corrected chi connectivity index (χ2v) is 7.23. The minimum absolute atomic E-state index is 0.0262. The highest BCUT2D eigenvalue weighted by molar-refractivity contribution is 5.71. The molecule has 3 unspecified atom stereocenters. The predicted octanol–water partition coefficient (Wildman–Crippen LogP) is 2.29. The number of hydrogen-bond acceptors (Lipinski definition) is 4. The Morgan fingerprint density at radius 1 is 1.29 bits per heavy atom. The molecule has 0 aromatic carbocycles. The first-order valence-corrected chi connectivity index (χ1v) is 8.69. The zero-order chi connectivity index (χ0) is 15.2. The molecule has 1 N–H and O–H groups in total. The second kappa shape index (κ2) is 8.14. The molecule has 4 nitrogen and oxygen atoms in total. The summed E-state index contributed by atoms with van der Waals surface area (Å²) in [5, 5.41) is 3.37. The van der Waals surface area contributed by atoms with Crippen molar-refractivity contribution in [1.82, 2.24) is 10.2 Å². The van der Waals surface area contributed by atoms with Gasteiger partial charge in [-0.3, -0.25) is 9.69 Å². The first-order valence-electron chi connectivity index (χ1n) is 8.69. The van der Waals surface area contributed by atoms with Crippen molar-refractivity contribution in [3.63, 3.8) is 0 Å². The highest BCUT2D eigenvalue weighted by Gasteiger charge is 2.33. The minimum atomic E-state index is -0.0262. The summed E-state index contributed by atoms with van der Waals surface area (Å²) in [5.74, 6) is 1.79. The molecule has 2 fully saturated rings. The van der Waals surface area contributed by atoms with Crippen LogP contribution in [0.4, 0.5) is 0 Å². The maximum Gasteiger partial charge on any atom is 0.320 e. The Balaban J connectivity index is 1.84. The zero-order valence-corrected chi connectivity index (χ0v) is 13.9. The standard InChI is InChI=1S/C17H32N2O2/c1-13(2)15-6-5-14(3)11-16(15)21-17(20)12-19-9-4-7-18-8-10-19/h13-16,18H,4-12H2,1-3H3. The van der Waals surface area contributed by atoms with E-state index in [0.29, 0.717) is 24.3 Å². The van der Waals surface area contributed by atoms with E-state index < -0.39 is 0 Å². The molecule has 0 bridgehead atoms. The van der Waals surface area contributed by atoms with Crippen LogP contribution in [0.15, 0.2) is 0 Å². The van der Waals surface area contributed by atoms with Crippen LogP contribution < -0.4 is 5.32 Å². The van der Waals surface area contributed by atoms with Crippen molar-refractivity contribution < 1.29 is 9.53 Å². The average Bonchev–Trinajstić information content (AvgIpc) is 2.66. The van der Waals surface area contributed by atoms with Crippen LogP contribution in [-0.4, -0.2) is 49.7 Å². The summed E-state index contributed by atoms with van der Waals surface area (Å²) in [5.41, 5.74) is 0. The molecule has 2 rings (SSSR count). The first kappa shape index (κ1) is 16.8. The van der Waals surface area contributed by atoms with Gasteiger partial charge in [-0.15, -0.1) is 0 Å². The lowest BCUT2D eigenvalue weighted by molar-refractivity contribution is -0.157. The maximum absolute atomic E-state index is 12.3. The fourth-order valence-electron chi connectivity index (χ4n) is 3.70. The molecule has 122 valence electrons. The van der Waals surface area contributed by atoms with Crippen molar-refractivity contribution >= 4 is 5.97 Å². The van der Waals surface area contributed by atoms with Crippen LogP contribution in [0.1, 0.15) is 46.5 Å². The quantitative estimate of drug-likeness (QED) is 0.808. The number of ether oxygens (including phenoxy) is 1. The number of esters is 1. The summed E-state index contributed by atoms with van der Waals surface area (Å²) >= 11 is 0. The van der Waals surface area contributed by atoms with Gasteiger partial charge in [-0.05, 0) is 50.1 Å². The van der Waals surface area contributed by atoms with Crippen LogP contribution >= 0.6 is 0 Å². The molecule has 3 atom stereocenters. The molecule has 4 heteroatoms. The van der Waals surface area contributed by atoms with Crippen molar-refractivity contribution in [1.29, 1.82) is 0 Å². The molecular weight excluding hydrogens is 264 g/mol. The van der Waals surface area contributed by atoms with E-state index in [1.165, 1.54) is 12.8 Å². The molecule has 0 aromatic rings. The largest absolute Gasteiger partial charge is 0.461 e. The number of nitrogens with one attached hydrogen (secondary N) is 1. The van der Waals surface area contributed by atoms with Crippen molar-refractivity contribution in [3.05, 3.63) is 0 Å². The van der Waals surface area contributed by atoms with E-state index in [1.54, 1.807) is 0 Å². The van der Waals surface area contributed by atoms with Crippen molar-refractivity contribution in [2.75, 3.05) is 32.7 Å². The van der Waals surface area contributed by atoms with Crippen LogP contribution in [0.3, 0.4) is 0 Å². The maximum atomic E-state index is 12.3. The predicted molar refractivity (Wildman–Crippen MR) is 85.1 cm³/mol. The molecule has 0 spiro atoms. The number of carbonyl (C=O) groups is 1. The third kappa shape index (κ3) is 5.26. The SMILES string of the molecule is CC1CCC(C(C)C)C(OC(=O)CN2CCCNCC2)C1. The molecular formula is C17H32N2O2. The van der Waals surface area contributed by atoms with E-state index in [-0.39, 0.29) is 12.1 Å². The van der Waals surface area contributed by atoms with Crippen molar-refractivity contribution in [2.45, 2.75) is 52.6 Å². The summed E-state index contributed by atoms with van der Waals surface area (Å²) in [6, 6.07) is 0. The van der Waals surface area contributed by atoms with E-state index in [9.17, 15) is 4.79 Å². The molecule has 1 saturated carbocycles. The smallest absolute Gasteiger partial charge is 0.320 e. The number of carbonyl (C=O) groups excluding carboxylic acids is 1. The van der Waals surface area contributed by atoms with Gasteiger partial charge in [0.15, 0.2) is 0 Å². The number of nitrogens with zero attached hydrogens (tertiary/aromatic N) is 1. The topological polar surface area (TPSA) is 41.6 Å². The Bertz CT molecular complexity index is 325. The molecule has 21 heavy (non-hydrogen) atoms. The van der Waals surface area contributed by atoms with Gasteiger partial charge in [0.2, 0.25) is 0 Å². The van der Waals surface area contributed by atoms with Gasteiger partial charge in [-0.25, -0.2) is 0 Å². The Labute approximate surface area is 129 Å². The van der Waals surface area contributed by atoms with E-state index in [0.717, 1.165) is 39.0 Å². The summed E-state index contributed by atoms with van der Waals surface area (Å²) < 4.78 is 5.88. The Hall–Kier alpha value is -0.610. The monoisotopic (exact) mass is 296 g/mol. The fraction of sp³-hybridized carbons (Fsp3) is 0.941. The lowest BCUT2D eigenvalue weighted by Gasteiger charge is -2.37. The van der Waals surface area contributed by atoms with Gasteiger partial charge in [-0.2, -0.15) is 0 Å². The third-order valence-electron chi connectivity index (χ3n) is 5.03. The van der Waals surface area contributed by atoms with Crippen molar-refractivity contribution in [3.8, 4) is 0 Å². The Morgan fingerprint density at radius 2 is 2.10 bits per heavy atom. The number of hydrogen-bond donors (Lipinski definition) is 1. The van der Waals surface area contributed by atoms with Gasteiger partial charge >= 0.3 is 5.97 Å². The lowest BCUT2D eigenvalue weighted by atomic mass is 9.75. The van der Waals surface area contributed by atoms with Crippen LogP contribution in [0.5, 0.6) is 0 Å². The summed E-state index contributed by atoms with van der Waals surface area (Å²) in [6.45, 7) is 11.2. The van der Waals surface area contributed by atoms with Gasteiger partial charge in [-0.1, -0.05) is 27.2 Å². The highest BCUT2D eigenvalue weighted by Crippen LogP contribution is 2.35. The minimum Gasteiger partial charge on any atom is -0.461 e. The molecule has 1 heterocycles. The Morgan fingerprint density at radius 3 is 2.86 bits per heavy atom. The van der Waals surface area contributed by atoms with Gasteiger partial charge < -0.3 is 10.1 Å². The van der Waals surface area contributed by atoms with Crippen LogP contribution in [0.25, 0.3) is 0 Å². The van der Waals surface area contributed by atoms with Gasteiger partial charge in [0.05, 0.1) is 6.54 Å². The number of rotatable bonds is 4. The molecule has 0 radical (unpaired) electrons. The van der Waals surface area contributed by atoms with Crippen molar-refractivity contribution in [2.24, 2.45) is 17.8 Å². The molecule has 1 aliphatic heterocycles. The lowest BCUT2D eigenvalue weighted by Crippen LogP contribution is -2.40. The third-order valence-corrected chi connectivity index (χ3v) is 5.03. The molecule has 0 amide bonds. The normalized spacial score (nSPS) is 31.9. The summed E-state index contributed by atoms with van der Waals surface area (Å²) in [6.07, 6.45) is 4.75. The van der Waals surface area contributed by atoms with Crippen LogP contribution in [-0.2, 0) is 9.53 Å². The molecule has 0 aromatic heterocycles. The Kier molecular flexibility index (Phi) is 6.49. The highest BCUT2D eigenvalue weighted by atomic mass is 16.5. The van der Waals surface area contributed by atoms with Gasteiger partial charge in [0.1, 0.15) is 6.10 Å². The molecule has 1 aliphatic carbocycles. The first-order chi connectivity index (χ1) is 10.1. The average molecular weight is 296 g/mol. The van der Waals surface area contributed by atoms with E-state index in [2.05, 4.69) is 31.0 Å². The summed E-state index contributed by atoms with van der Waals surface area (Å²) in [7, 11) is 0. The van der Waals surface area contributed by atoms with Gasteiger partial charge in [0.25, 0.3) is 0 Å². The zero-order valence-electron chi connectivity index (χ0n) is 13.9. The molecule has 2 aliphatic rings. The fourth-order valence-corrected chi connectivity index (χ4v) is 3.70. The van der Waals surface area contributed by atoms with E-state index >= 15 is 0 Å². The van der Waals surface area contributed by atoms with E-state index in [4.69, 9.17) is 4.74 Å². The molecule has 1 saturated heterocycles. The van der Waals surface area contributed by atoms with Crippen LogP contribution in [0, 0.1) is 17.8 Å². The van der Waals surface area contributed by atoms with Gasteiger partial charge in [0, 0.05) is 13.1 Å².